The first-order valence-corrected chi connectivity index (χ1v) is 8.76. The average molecular weight is 369 g/mol. The monoisotopic (exact) mass is 368 g/mol. The Hall–Kier alpha value is -2.79. The highest BCUT2D eigenvalue weighted by atomic mass is 35.5. The molecule has 0 aliphatic carbocycles. The number of benzene rings is 2. The number of para-hydroxylation sites is 1. The van der Waals surface area contributed by atoms with E-state index in [1.54, 1.807) is 0 Å². The Kier molecular flexibility index (Phi) is 5.28. The van der Waals surface area contributed by atoms with Crippen LogP contribution in [-0.2, 0) is 0 Å². The molecule has 3 rings (SSSR count). The molecule has 2 N–H and O–H groups in total. The van der Waals surface area contributed by atoms with Gasteiger partial charge in [-0.2, -0.15) is 4.98 Å². The molecule has 0 radical (unpaired) electrons. The second-order valence-electron chi connectivity index (χ2n) is 5.97. The molecule has 0 saturated carbocycles. The van der Waals surface area contributed by atoms with Crippen LogP contribution in [0.2, 0.25) is 5.02 Å². The van der Waals surface area contributed by atoms with Gasteiger partial charge >= 0.3 is 0 Å². The van der Waals surface area contributed by atoms with Crippen molar-refractivity contribution in [2.45, 2.75) is 20.8 Å². The van der Waals surface area contributed by atoms with Gasteiger partial charge in [0.1, 0.15) is 17.8 Å². The summed E-state index contributed by atoms with van der Waals surface area (Å²) < 4.78 is 5.94. The highest BCUT2D eigenvalue weighted by molar-refractivity contribution is 6.32. The van der Waals surface area contributed by atoms with E-state index in [1.807, 2.05) is 68.1 Å². The number of nitrogens with zero attached hydrogens (tertiary/aromatic N) is 3. The molecule has 0 atom stereocenters. The average Bonchev–Trinajstić information content (AvgIpc) is 2.64. The molecule has 0 amide bonds. The number of anilines is 3. The predicted octanol–water partition coefficient (Wildman–Crippen LogP) is 5.28. The molecule has 134 valence electrons. The number of aromatic nitrogens is 2. The van der Waals surface area contributed by atoms with Crippen molar-refractivity contribution in [1.29, 1.82) is 0 Å². The molecule has 0 saturated heterocycles. The summed E-state index contributed by atoms with van der Waals surface area (Å²) >= 11 is 6.22. The third kappa shape index (κ3) is 3.58. The predicted molar refractivity (Wildman–Crippen MR) is 107 cm³/mol. The minimum atomic E-state index is 0.325. The number of nitrogen functional groups attached to an aromatic ring is 1. The molecular weight excluding hydrogens is 348 g/mol. The van der Waals surface area contributed by atoms with E-state index in [-0.39, 0.29) is 0 Å². The van der Waals surface area contributed by atoms with Gasteiger partial charge in [0.05, 0.1) is 0 Å². The van der Waals surface area contributed by atoms with Crippen LogP contribution >= 0.6 is 11.6 Å². The van der Waals surface area contributed by atoms with Crippen molar-refractivity contribution in [3.63, 3.8) is 0 Å². The van der Waals surface area contributed by atoms with Gasteiger partial charge in [0.25, 0.3) is 0 Å². The summed E-state index contributed by atoms with van der Waals surface area (Å²) in [6.07, 6.45) is 1.46. The van der Waals surface area contributed by atoms with Gasteiger partial charge in [0.2, 0.25) is 5.88 Å². The van der Waals surface area contributed by atoms with Crippen LogP contribution in [0.4, 0.5) is 17.2 Å². The van der Waals surface area contributed by atoms with Gasteiger partial charge in [-0.25, -0.2) is 4.98 Å². The Labute approximate surface area is 158 Å². The molecule has 3 aromatic rings. The lowest BCUT2D eigenvalue weighted by Gasteiger charge is -2.23. The lowest BCUT2D eigenvalue weighted by Crippen LogP contribution is -2.19. The maximum Gasteiger partial charge on any atom is 0.248 e. The second-order valence-corrected chi connectivity index (χ2v) is 6.35. The Morgan fingerprint density at radius 2 is 1.73 bits per heavy atom. The fourth-order valence-corrected chi connectivity index (χ4v) is 2.92. The molecule has 1 heterocycles. The molecule has 0 aliphatic rings. The molecule has 26 heavy (non-hydrogen) atoms. The fourth-order valence-electron chi connectivity index (χ4n) is 2.81. The summed E-state index contributed by atoms with van der Waals surface area (Å²) in [5.74, 6) is 1.58. The van der Waals surface area contributed by atoms with E-state index < -0.39 is 0 Å². The number of halogens is 1. The summed E-state index contributed by atoms with van der Waals surface area (Å²) in [4.78, 5) is 10.6. The SMILES string of the molecule is CCN(c1ccccc1)c1ncnc(Oc2cc(C)c(Cl)c(C)c2)c1N. The van der Waals surface area contributed by atoms with Gasteiger partial charge in [-0.3, -0.25) is 0 Å². The number of nitrogens with two attached hydrogens (primary N) is 1. The number of hydrogen-bond donors (Lipinski definition) is 1. The summed E-state index contributed by atoms with van der Waals surface area (Å²) in [6.45, 7) is 6.63. The van der Waals surface area contributed by atoms with Gasteiger partial charge in [-0.1, -0.05) is 29.8 Å². The van der Waals surface area contributed by atoms with E-state index in [0.717, 1.165) is 21.8 Å². The first kappa shape index (κ1) is 18.0. The molecule has 0 bridgehead atoms. The Bertz CT molecular complexity index is 892. The highest BCUT2D eigenvalue weighted by Gasteiger charge is 2.17. The largest absolute Gasteiger partial charge is 0.437 e. The zero-order valence-electron chi connectivity index (χ0n) is 15.0. The minimum Gasteiger partial charge on any atom is -0.437 e. The van der Waals surface area contributed by atoms with E-state index in [4.69, 9.17) is 22.1 Å². The molecule has 1 aromatic heterocycles. The molecule has 5 nitrogen and oxygen atoms in total. The van der Waals surface area contributed by atoms with Crippen LogP contribution < -0.4 is 15.4 Å². The van der Waals surface area contributed by atoms with Crippen LogP contribution in [0.3, 0.4) is 0 Å². The molecule has 0 aliphatic heterocycles. The lowest BCUT2D eigenvalue weighted by atomic mass is 10.1. The van der Waals surface area contributed by atoms with Crippen LogP contribution in [0.15, 0.2) is 48.8 Å². The Morgan fingerprint density at radius 1 is 1.08 bits per heavy atom. The van der Waals surface area contributed by atoms with Gasteiger partial charge in [0.15, 0.2) is 5.82 Å². The van der Waals surface area contributed by atoms with Crippen molar-refractivity contribution >= 4 is 28.8 Å². The van der Waals surface area contributed by atoms with E-state index in [2.05, 4.69) is 9.97 Å². The van der Waals surface area contributed by atoms with Gasteiger partial charge in [0, 0.05) is 17.3 Å². The standard InChI is InChI=1S/C20H21ClN4O/c1-4-25(15-8-6-5-7-9-15)19-18(22)20(24-12-23-19)26-16-10-13(2)17(21)14(3)11-16/h5-12H,4,22H2,1-3H3. The van der Waals surface area contributed by atoms with Crippen LogP contribution in [0, 0.1) is 13.8 Å². The molecular formula is C20H21ClN4O. The fraction of sp³-hybridized carbons (Fsp3) is 0.200. The molecule has 0 fully saturated rings. The van der Waals surface area contributed by atoms with Crippen molar-refractivity contribution in [1.82, 2.24) is 9.97 Å². The summed E-state index contributed by atoms with van der Waals surface area (Å²) in [7, 11) is 0. The third-order valence-electron chi connectivity index (χ3n) is 4.09. The van der Waals surface area contributed by atoms with Crippen LogP contribution in [0.1, 0.15) is 18.1 Å². The maximum atomic E-state index is 6.33. The normalized spacial score (nSPS) is 10.6. The summed E-state index contributed by atoms with van der Waals surface area (Å²) in [6, 6.07) is 13.7. The summed E-state index contributed by atoms with van der Waals surface area (Å²) in [5, 5.41) is 0.731. The highest BCUT2D eigenvalue weighted by Crippen LogP contribution is 2.36. The van der Waals surface area contributed by atoms with Crippen LogP contribution in [-0.4, -0.2) is 16.5 Å². The molecule has 0 spiro atoms. The smallest absolute Gasteiger partial charge is 0.248 e. The van der Waals surface area contributed by atoms with Crippen molar-refractivity contribution in [3.8, 4) is 11.6 Å². The van der Waals surface area contributed by atoms with Crippen molar-refractivity contribution in [3.05, 3.63) is 64.9 Å². The molecule has 2 aromatic carbocycles. The number of ether oxygens (including phenoxy) is 1. The Balaban J connectivity index is 1.97. The maximum absolute atomic E-state index is 6.33. The molecule has 6 heteroatoms. The molecule has 0 unspecified atom stereocenters. The van der Waals surface area contributed by atoms with Gasteiger partial charge < -0.3 is 15.4 Å². The van der Waals surface area contributed by atoms with E-state index in [1.165, 1.54) is 6.33 Å². The summed E-state index contributed by atoms with van der Waals surface area (Å²) in [5.41, 5.74) is 9.61. The lowest BCUT2D eigenvalue weighted by molar-refractivity contribution is 0.463. The third-order valence-corrected chi connectivity index (χ3v) is 4.69. The minimum absolute atomic E-state index is 0.325. The number of hydrogen-bond acceptors (Lipinski definition) is 5. The number of aryl methyl sites for hydroxylation is 2. The van der Waals surface area contributed by atoms with Gasteiger partial charge in [-0.15, -0.1) is 0 Å². The topological polar surface area (TPSA) is 64.3 Å². The quantitative estimate of drug-likeness (QED) is 0.663. The van der Waals surface area contributed by atoms with Crippen LogP contribution in [0.25, 0.3) is 0 Å². The van der Waals surface area contributed by atoms with Gasteiger partial charge in [-0.05, 0) is 56.2 Å². The van der Waals surface area contributed by atoms with Crippen molar-refractivity contribution in [2.24, 2.45) is 0 Å². The Morgan fingerprint density at radius 3 is 2.35 bits per heavy atom. The van der Waals surface area contributed by atoms with Crippen molar-refractivity contribution in [2.75, 3.05) is 17.2 Å². The second kappa shape index (κ2) is 7.62. The van der Waals surface area contributed by atoms with Crippen LogP contribution in [0.5, 0.6) is 11.6 Å². The van der Waals surface area contributed by atoms with E-state index in [9.17, 15) is 0 Å². The zero-order valence-corrected chi connectivity index (χ0v) is 15.8. The number of rotatable bonds is 5. The van der Waals surface area contributed by atoms with E-state index >= 15 is 0 Å². The first-order chi connectivity index (χ1) is 12.5. The van der Waals surface area contributed by atoms with E-state index in [0.29, 0.717) is 29.7 Å². The first-order valence-electron chi connectivity index (χ1n) is 8.39. The zero-order chi connectivity index (χ0) is 18.7. The van der Waals surface area contributed by atoms with Crippen molar-refractivity contribution < 1.29 is 4.74 Å².